The van der Waals surface area contributed by atoms with E-state index < -0.39 is 0 Å². The minimum Gasteiger partial charge on any atom is -0.493 e. The summed E-state index contributed by atoms with van der Waals surface area (Å²) in [6.07, 6.45) is 2.90. The number of hydrogen-bond acceptors (Lipinski definition) is 8. The first kappa shape index (κ1) is 23.8. The first-order valence-corrected chi connectivity index (χ1v) is 11.6. The highest BCUT2D eigenvalue weighted by atomic mass is 16.5. The van der Waals surface area contributed by atoms with Crippen molar-refractivity contribution in [3.8, 4) is 11.5 Å². The number of ether oxygens (including phenoxy) is 2. The Bertz CT molecular complexity index is 1150. The van der Waals surface area contributed by atoms with Gasteiger partial charge in [-0.15, -0.1) is 0 Å². The second kappa shape index (κ2) is 9.85. The van der Waals surface area contributed by atoms with E-state index >= 15 is 0 Å². The zero-order valence-corrected chi connectivity index (χ0v) is 20.3. The predicted octanol–water partition coefficient (Wildman–Crippen LogP) is 3.29. The van der Waals surface area contributed by atoms with Crippen molar-refractivity contribution in [2.75, 3.05) is 51.5 Å². The summed E-state index contributed by atoms with van der Waals surface area (Å²) in [6, 6.07) is 14.2. The zero-order valence-electron chi connectivity index (χ0n) is 20.3. The van der Waals surface area contributed by atoms with E-state index in [2.05, 4.69) is 39.0 Å². The molecule has 2 heterocycles. The quantitative estimate of drug-likeness (QED) is 0.509. The number of carbonyl (C=O) groups excluding carboxylic acids is 1. The Morgan fingerprint density at radius 3 is 2.38 bits per heavy atom. The molecule has 1 aromatic heterocycles. The maximum atomic E-state index is 11.3. The lowest BCUT2D eigenvalue weighted by molar-refractivity contribution is -0.112. The van der Waals surface area contributed by atoms with Gasteiger partial charge in [-0.3, -0.25) is 4.90 Å². The summed E-state index contributed by atoms with van der Waals surface area (Å²) in [7, 11) is 5.20. The van der Waals surface area contributed by atoms with Gasteiger partial charge in [0.2, 0.25) is 5.95 Å². The Kier molecular flexibility index (Phi) is 6.88. The number of rotatable bonds is 8. The number of carbonyl (C=O) groups is 1. The lowest BCUT2D eigenvalue weighted by Crippen LogP contribution is -2.51. The van der Waals surface area contributed by atoms with Crippen LogP contribution in [0.25, 0.3) is 10.9 Å². The third-order valence-electron chi connectivity index (χ3n) is 7.01. The second-order valence-corrected chi connectivity index (χ2v) is 9.05. The van der Waals surface area contributed by atoms with Gasteiger partial charge in [0.05, 0.1) is 25.8 Å². The van der Waals surface area contributed by atoms with E-state index in [9.17, 15) is 4.79 Å². The normalized spacial score (nSPS) is 16.7. The third kappa shape index (κ3) is 4.50. The Labute approximate surface area is 200 Å². The molecule has 1 unspecified atom stereocenters. The molecule has 0 amide bonds. The number of aldehydes is 1. The lowest BCUT2D eigenvalue weighted by Gasteiger charge is -2.45. The molecule has 1 atom stereocenters. The smallest absolute Gasteiger partial charge is 0.227 e. The van der Waals surface area contributed by atoms with Crippen molar-refractivity contribution in [3.63, 3.8) is 0 Å². The number of methoxy groups -OCH3 is 2. The van der Waals surface area contributed by atoms with Crippen molar-refractivity contribution in [2.24, 2.45) is 0 Å². The average Bonchev–Trinajstić information content (AvgIpc) is 2.88. The van der Waals surface area contributed by atoms with Crippen molar-refractivity contribution in [1.29, 1.82) is 0 Å². The van der Waals surface area contributed by atoms with E-state index in [1.807, 2.05) is 32.2 Å². The van der Waals surface area contributed by atoms with Gasteiger partial charge in [0, 0.05) is 30.5 Å². The minimum absolute atomic E-state index is 0.0675. The van der Waals surface area contributed by atoms with E-state index in [0.717, 1.165) is 44.1 Å². The second-order valence-electron chi connectivity index (χ2n) is 9.05. The molecule has 8 nitrogen and oxygen atoms in total. The average molecular weight is 464 g/mol. The van der Waals surface area contributed by atoms with Crippen LogP contribution in [-0.2, 0) is 10.2 Å². The van der Waals surface area contributed by atoms with Crippen LogP contribution < -0.4 is 20.1 Å². The molecule has 34 heavy (non-hydrogen) atoms. The number of likely N-dealkylation sites (tertiary alicyclic amines) is 1. The van der Waals surface area contributed by atoms with Gasteiger partial charge in [0.15, 0.2) is 11.5 Å². The molecule has 0 saturated carbocycles. The molecule has 4 rings (SSSR count). The standard InChI is InChI=1S/C26H33N5O3/c1-18(16-32)31-12-10-26(11-13-31,19-8-6-5-7-9-19)17-30(2)25-28-21-15-23(34-4)22(33-3)14-20(21)24(27)29-25/h5-9,14-16,18H,10-13,17H2,1-4H3,(H2,27,28,29). The van der Waals surface area contributed by atoms with Crippen LogP contribution in [0.2, 0.25) is 0 Å². The fourth-order valence-electron chi connectivity index (χ4n) is 4.94. The number of likely N-dealkylation sites (N-methyl/N-ethyl adjacent to an activating group) is 1. The summed E-state index contributed by atoms with van der Waals surface area (Å²) >= 11 is 0. The van der Waals surface area contributed by atoms with Crippen molar-refractivity contribution >= 4 is 29.0 Å². The number of piperidine rings is 1. The van der Waals surface area contributed by atoms with Gasteiger partial charge in [0.1, 0.15) is 12.1 Å². The van der Waals surface area contributed by atoms with Gasteiger partial charge in [-0.1, -0.05) is 30.3 Å². The van der Waals surface area contributed by atoms with Crippen LogP contribution in [0.5, 0.6) is 11.5 Å². The summed E-state index contributed by atoms with van der Waals surface area (Å²) in [5, 5.41) is 0.726. The Morgan fingerprint density at radius 2 is 1.76 bits per heavy atom. The van der Waals surface area contributed by atoms with Crippen molar-refractivity contribution in [1.82, 2.24) is 14.9 Å². The van der Waals surface area contributed by atoms with Crippen molar-refractivity contribution in [3.05, 3.63) is 48.0 Å². The highest BCUT2D eigenvalue weighted by Gasteiger charge is 2.38. The van der Waals surface area contributed by atoms with Crippen molar-refractivity contribution in [2.45, 2.75) is 31.2 Å². The molecular formula is C26H33N5O3. The molecule has 180 valence electrons. The monoisotopic (exact) mass is 463 g/mol. The van der Waals surface area contributed by atoms with Crippen LogP contribution >= 0.6 is 0 Å². The van der Waals surface area contributed by atoms with Gasteiger partial charge in [-0.25, -0.2) is 4.98 Å². The summed E-state index contributed by atoms with van der Waals surface area (Å²) in [5.74, 6) is 2.15. The predicted molar refractivity (Wildman–Crippen MR) is 135 cm³/mol. The highest BCUT2D eigenvalue weighted by molar-refractivity contribution is 5.91. The fourth-order valence-corrected chi connectivity index (χ4v) is 4.94. The molecule has 2 aromatic carbocycles. The molecule has 1 aliphatic rings. The van der Waals surface area contributed by atoms with E-state index in [-0.39, 0.29) is 11.5 Å². The Balaban J connectivity index is 1.67. The molecule has 8 heteroatoms. The van der Waals surface area contributed by atoms with E-state index in [1.54, 1.807) is 14.2 Å². The summed E-state index contributed by atoms with van der Waals surface area (Å²) in [4.78, 5) is 25.1. The number of anilines is 2. The SMILES string of the molecule is COc1cc2nc(N(C)CC3(c4ccccc4)CCN(C(C)C=O)CC3)nc(N)c2cc1OC. The van der Waals surface area contributed by atoms with Gasteiger partial charge in [-0.05, 0) is 44.5 Å². The molecule has 3 aromatic rings. The van der Waals surface area contributed by atoms with Gasteiger partial charge in [-0.2, -0.15) is 4.98 Å². The van der Waals surface area contributed by atoms with Crippen LogP contribution in [0.4, 0.5) is 11.8 Å². The molecule has 0 aliphatic carbocycles. The maximum Gasteiger partial charge on any atom is 0.227 e. The molecule has 0 spiro atoms. The van der Waals surface area contributed by atoms with Crippen LogP contribution in [0.15, 0.2) is 42.5 Å². The van der Waals surface area contributed by atoms with Gasteiger partial charge >= 0.3 is 0 Å². The number of nitrogens with two attached hydrogens (primary N) is 1. The molecule has 2 N–H and O–H groups in total. The van der Waals surface area contributed by atoms with Gasteiger partial charge < -0.3 is 24.9 Å². The number of fused-ring (bicyclic) bond motifs is 1. The summed E-state index contributed by atoms with van der Waals surface area (Å²) in [5.41, 5.74) is 8.25. The van der Waals surface area contributed by atoms with Crippen LogP contribution in [0.3, 0.4) is 0 Å². The Hall–Kier alpha value is -3.39. The Morgan fingerprint density at radius 1 is 1.12 bits per heavy atom. The van der Waals surface area contributed by atoms with Crippen molar-refractivity contribution < 1.29 is 14.3 Å². The molecule has 0 bridgehead atoms. The minimum atomic E-state index is -0.0835. The molecular weight excluding hydrogens is 430 g/mol. The maximum absolute atomic E-state index is 11.3. The van der Waals surface area contributed by atoms with Crippen LogP contribution in [-0.4, -0.2) is 68.1 Å². The van der Waals surface area contributed by atoms with Crippen LogP contribution in [0, 0.1) is 0 Å². The summed E-state index contributed by atoms with van der Waals surface area (Å²) < 4.78 is 10.9. The zero-order chi connectivity index (χ0) is 24.3. The number of nitrogens with zero attached hydrogens (tertiary/aromatic N) is 4. The first-order chi connectivity index (χ1) is 16.4. The molecule has 1 fully saturated rings. The third-order valence-corrected chi connectivity index (χ3v) is 7.01. The number of benzene rings is 2. The van der Waals surface area contributed by atoms with E-state index in [1.165, 1.54) is 5.56 Å². The largest absolute Gasteiger partial charge is 0.493 e. The first-order valence-electron chi connectivity index (χ1n) is 11.6. The molecule has 0 radical (unpaired) electrons. The fraction of sp³-hybridized carbons (Fsp3) is 0.423. The van der Waals surface area contributed by atoms with Crippen LogP contribution in [0.1, 0.15) is 25.3 Å². The highest BCUT2D eigenvalue weighted by Crippen LogP contribution is 2.38. The van der Waals surface area contributed by atoms with E-state index in [0.29, 0.717) is 28.8 Å². The topological polar surface area (TPSA) is 93.8 Å². The van der Waals surface area contributed by atoms with Gasteiger partial charge in [0.25, 0.3) is 0 Å². The molecule has 1 aliphatic heterocycles. The summed E-state index contributed by atoms with van der Waals surface area (Å²) in [6.45, 7) is 4.42. The number of nitrogen functional groups attached to an aromatic ring is 1. The lowest BCUT2D eigenvalue weighted by atomic mass is 9.72. The number of aromatic nitrogens is 2. The number of hydrogen-bond donors (Lipinski definition) is 1. The van der Waals surface area contributed by atoms with E-state index in [4.69, 9.17) is 20.2 Å². The molecule has 1 saturated heterocycles.